The van der Waals surface area contributed by atoms with Crippen molar-refractivity contribution in [3.63, 3.8) is 0 Å². The maximum absolute atomic E-state index is 12.4. The molecular formula is C13H23N5O2S. The Morgan fingerprint density at radius 2 is 2.10 bits per heavy atom. The number of nitrogens with two attached hydrogens (primary N) is 1. The van der Waals surface area contributed by atoms with Crippen molar-refractivity contribution < 1.29 is 9.59 Å². The highest BCUT2D eigenvalue weighted by Gasteiger charge is 2.22. The van der Waals surface area contributed by atoms with Gasteiger partial charge < -0.3 is 21.3 Å². The van der Waals surface area contributed by atoms with Crippen molar-refractivity contribution in [2.45, 2.75) is 20.8 Å². The van der Waals surface area contributed by atoms with E-state index >= 15 is 0 Å². The van der Waals surface area contributed by atoms with Gasteiger partial charge in [0.2, 0.25) is 5.91 Å². The van der Waals surface area contributed by atoms with Gasteiger partial charge in [-0.1, -0.05) is 25.2 Å². The fourth-order valence-electron chi connectivity index (χ4n) is 1.58. The van der Waals surface area contributed by atoms with Crippen LogP contribution in [0.15, 0.2) is 0 Å². The number of amides is 2. The standard InChI is InChI=1S/C13H23N5O2S/c1-5-18(7-9(19)15-4)12(20)10-11(14)17-13(21-10)16-6-8(2)3/h8H,5-7,14H2,1-4H3,(H,15,19)(H,16,17). The third-order valence-corrected chi connectivity index (χ3v) is 3.81. The van der Waals surface area contributed by atoms with Gasteiger partial charge in [0.1, 0.15) is 10.7 Å². The van der Waals surface area contributed by atoms with Crippen molar-refractivity contribution in [1.82, 2.24) is 15.2 Å². The lowest BCUT2D eigenvalue weighted by Gasteiger charge is -2.18. The van der Waals surface area contributed by atoms with E-state index in [2.05, 4.69) is 29.5 Å². The van der Waals surface area contributed by atoms with Gasteiger partial charge in [0.15, 0.2) is 5.13 Å². The van der Waals surface area contributed by atoms with Gasteiger partial charge in [-0.3, -0.25) is 9.59 Å². The van der Waals surface area contributed by atoms with Crippen molar-refractivity contribution in [2.24, 2.45) is 5.92 Å². The molecule has 0 aliphatic carbocycles. The predicted octanol–water partition coefficient (Wildman–Crippen LogP) is 1.00. The lowest BCUT2D eigenvalue weighted by Crippen LogP contribution is -2.39. The van der Waals surface area contributed by atoms with Crippen LogP contribution in [-0.2, 0) is 4.79 Å². The molecule has 8 heteroatoms. The first-order valence-electron chi connectivity index (χ1n) is 6.89. The van der Waals surface area contributed by atoms with E-state index in [0.29, 0.717) is 22.5 Å². The summed E-state index contributed by atoms with van der Waals surface area (Å²) < 4.78 is 0. The molecule has 1 heterocycles. The zero-order valence-corrected chi connectivity index (χ0v) is 13.7. The largest absolute Gasteiger partial charge is 0.382 e. The van der Waals surface area contributed by atoms with Crippen LogP contribution in [-0.4, -0.2) is 48.4 Å². The van der Waals surface area contributed by atoms with Gasteiger partial charge in [-0.25, -0.2) is 4.98 Å². The van der Waals surface area contributed by atoms with Gasteiger partial charge in [0.05, 0.1) is 6.54 Å². The van der Waals surface area contributed by atoms with Crippen LogP contribution in [0.1, 0.15) is 30.4 Å². The Hall–Kier alpha value is -1.83. The van der Waals surface area contributed by atoms with Gasteiger partial charge in [-0.2, -0.15) is 0 Å². The second kappa shape index (κ2) is 7.82. The monoisotopic (exact) mass is 313 g/mol. The van der Waals surface area contributed by atoms with E-state index in [1.807, 2.05) is 6.92 Å². The highest BCUT2D eigenvalue weighted by molar-refractivity contribution is 7.18. The molecule has 0 saturated heterocycles. The summed E-state index contributed by atoms with van der Waals surface area (Å²) in [7, 11) is 1.54. The molecule has 0 fully saturated rings. The minimum absolute atomic E-state index is 0.0118. The van der Waals surface area contributed by atoms with Crippen LogP contribution in [0.25, 0.3) is 0 Å². The molecular weight excluding hydrogens is 290 g/mol. The molecule has 1 aromatic heterocycles. The predicted molar refractivity (Wildman–Crippen MR) is 85.5 cm³/mol. The van der Waals surface area contributed by atoms with E-state index < -0.39 is 0 Å². The lowest BCUT2D eigenvalue weighted by atomic mass is 10.2. The molecule has 0 atom stereocenters. The van der Waals surface area contributed by atoms with Gasteiger partial charge >= 0.3 is 0 Å². The summed E-state index contributed by atoms with van der Waals surface area (Å²) in [6.45, 7) is 7.18. The van der Waals surface area contributed by atoms with E-state index in [-0.39, 0.29) is 24.2 Å². The van der Waals surface area contributed by atoms with E-state index in [1.54, 1.807) is 0 Å². The first-order valence-corrected chi connectivity index (χ1v) is 7.70. The second-order valence-corrected chi connectivity index (χ2v) is 6.00. The fraction of sp³-hybridized carbons (Fsp3) is 0.615. The molecule has 0 radical (unpaired) electrons. The number of nitrogens with one attached hydrogen (secondary N) is 2. The van der Waals surface area contributed by atoms with Crippen molar-refractivity contribution in [2.75, 3.05) is 37.7 Å². The summed E-state index contributed by atoms with van der Waals surface area (Å²) in [5.74, 6) is 0.182. The summed E-state index contributed by atoms with van der Waals surface area (Å²) in [6, 6.07) is 0. The number of nitrogens with zero attached hydrogens (tertiary/aromatic N) is 2. The second-order valence-electron chi connectivity index (χ2n) is 5.00. The van der Waals surface area contributed by atoms with E-state index in [4.69, 9.17) is 5.73 Å². The van der Waals surface area contributed by atoms with Gasteiger partial charge in [0.25, 0.3) is 5.91 Å². The Morgan fingerprint density at radius 1 is 1.43 bits per heavy atom. The average molecular weight is 313 g/mol. The van der Waals surface area contributed by atoms with E-state index in [1.165, 1.54) is 23.3 Å². The molecule has 1 aromatic rings. The van der Waals surface area contributed by atoms with Crippen LogP contribution in [0.2, 0.25) is 0 Å². The number of likely N-dealkylation sites (N-methyl/N-ethyl adjacent to an activating group) is 2. The van der Waals surface area contributed by atoms with Gasteiger partial charge in [0, 0.05) is 20.1 Å². The Balaban J connectivity index is 2.83. The number of hydrogen-bond donors (Lipinski definition) is 3. The molecule has 21 heavy (non-hydrogen) atoms. The molecule has 0 aromatic carbocycles. The Bertz CT molecular complexity index is 501. The molecule has 0 unspecified atom stereocenters. The molecule has 1 rings (SSSR count). The summed E-state index contributed by atoms with van der Waals surface area (Å²) in [6.07, 6.45) is 0. The van der Waals surface area contributed by atoms with Crippen molar-refractivity contribution in [1.29, 1.82) is 0 Å². The summed E-state index contributed by atoms with van der Waals surface area (Å²) >= 11 is 1.22. The Kier molecular flexibility index (Phi) is 6.41. The maximum Gasteiger partial charge on any atom is 0.268 e. The number of nitrogen functional groups attached to an aromatic ring is 1. The summed E-state index contributed by atoms with van der Waals surface area (Å²) in [4.78, 5) is 29.8. The SMILES string of the molecule is CCN(CC(=O)NC)C(=O)c1sc(NCC(C)C)nc1N. The average Bonchev–Trinajstić information content (AvgIpc) is 2.82. The molecule has 118 valence electrons. The number of carbonyl (C=O) groups excluding carboxylic acids is 2. The van der Waals surface area contributed by atoms with E-state index in [0.717, 1.165) is 6.54 Å². The number of anilines is 2. The van der Waals surface area contributed by atoms with Crippen LogP contribution in [0, 0.1) is 5.92 Å². The van der Waals surface area contributed by atoms with Crippen molar-refractivity contribution in [3.05, 3.63) is 4.88 Å². The number of carbonyl (C=O) groups is 2. The van der Waals surface area contributed by atoms with Crippen LogP contribution < -0.4 is 16.4 Å². The molecule has 0 aliphatic heterocycles. The topological polar surface area (TPSA) is 100 Å². The first kappa shape index (κ1) is 17.2. The number of thiazole rings is 1. The van der Waals surface area contributed by atoms with E-state index in [9.17, 15) is 9.59 Å². The maximum atomic E-state index is 12.4. The fourth-order valence-corrected chi connectivity index (χ4v) is 2.43. The first-order chi connectivity index (χ1) is 9.88. The van der Waals surface area contributed by atoms with Crippen LogP contribution in [0.5, 0.6) is 0 Å². The molecule has 4 N–H and O–H groups in total. The molecule has 7 nitrogen and oxygen atoms in total. The molecule has 0 saturated carbocycles. The van der Waals surface area contributed by atoms with Crippen LogP contribution in [0.4, 0.5) is 10.9 Å². The Labute approximate surface area is 128 Å². The Morgan fingerprint density at radius 3 is 2.62 bits per heavy atom. The summed E-state index contributed by atoms with van der Waals surface area (Å²) in [5, 5.41) is 6.27. The minimum Gasteiger partial charge on any atom is -0.382 e. The normalized spacial score (nSPS) is 10.5. The zero-order valence-electron chi connectivity index (χ0n) is 12.9. The molecule has 2 amide bonds. The highest BCUT2D eigenvalue weighted by Crippen LogP contribution is 2.26. The smallest absolute Gasteiger partial charge is 0.268 e. The zero-order chi connectivity index (χ0) is 16.0. The number of rotatable bonds is 7. The van der Waals surface area contributed by atoms with Crippen molar-refractivity contribution >= 4 is 34.1 Å². The van der Waals surface area contributed by atoms with Gasteiger partial charge in [-0.05, 0) is 12.8 Å². The third-order valence-electron chi connectivity index (χ3n) is 2.79. The number of aromatic nitrogens is 1. The lowest BCUT2D eigenvalue weighted by molar-refractivity contribution is -0.121. The molecule has 0 spiro atoms. The quantitative estimate of drug-likeness (QED) is 0.697. The minimum atomic E-state index is -0.270. The van der Waals surface area contributed by atoms with Gasteiger partial charge in [-0.15, -0.1) is 0 Å². The van der Waals surface area contributed by atoms with Crippen LogP contribution >= 0.6 is 11.3 Å². The summed E-state index contributed by atoms with van der Waals surface area (Å²) in [5.41, 5.74) is 5.82. The third kappa shape index (κ3) is 4.89. The molecule has 0 bridgehead atoms. The van der Waals surface area contributed by atoms with Crippen molar-refractivity contribution in [3.8, 4) is 0 Å². The number of hydrogen-bond acceptors (Lipinski definition) is 6. The highest BCUT2D eigenvalue weighted by atomic mass is 32.1. The van der Waals surface area contributed by atoms with Crippen LogP contribution in [0.3, 0.4) is 0 Å². The molecule has 0 aliphatic rings.